The van der Waals surface area contributed by atoms with E-state index in [0.717, 1.165) is 4.90 Å². The van der Waals surface area contributed by atoms with Crippen LogP contribution in [0.3, 0.4) is 0 Å². The van der Waals surface area contributed by atoms with Crippen LogP contribution in [0.2, 0.25) is 0 Å². The van der Waals surface area contributed by atoms with Gasteiger partial charge in [0.15, 0.2) is 0 Å². The summed E-state index contributed by atoms with van der Waals surface area (Å²) in [6.45, 7) is 0. The molecule has 0 atom stereocenters. The number of pyridine rings is 1. The number of hydrogen-bond donors (Lipinski definition) is 0. The van der Waals surface area contributed by atoms with E-state index in [1.807, 2.05) is 12.1 Å². The Kier molecular flexibility index (Phi) is 4.71. The molecule has 0 N–H and O–H groups in total. The molecule has 0 saturated carbocycles. The summed E-state index contributed by atoms with van der Waals surface area (Å²) in [7, 11) is 1.40. The lowest BCUT2D eigenvalue weighted by Gasteiger charge is -1.98. The summed E-state index contributed by atoms with van der Waals surface area (Å²) in [4.78, 5) is 19.7. The van der Waals surface area contributed by atoms with Crippen LogP contribution in [0, 0.1) is 0 Å². The van der Waals surface area contributed by atoms with Gasteiger partial charge in [-0.1, -0.05) is 5.16 Å². The fraction of sp³-hybridized carbons (Fsp3) is 0.222. The van der Waals surface area contributed by atoms with Crippen molar-refractivity contribution in [3.05, 3.63) is 24.5 Å². The van der Waals surface area contributed by atoms with Crippen molar-refractivity contribution in [1.82, 2.24) is 4.98 Å². The highest BCUT2D eigenvalue weighted by Gasteiger charge is 2.01. The highest BCUT2D eigenvalue weighted by Crippen LogP contribution is 2.15. The first kappa shape index (κ1) is 10.7. The van der Waals surface area contributed by atoms with Gasteiger partial charge in [0.2, 0.25) is 0 Å². The van der Waals surface area contributed by atoms with Crippen molar-refractivity contribution in [1.29, 1.82) is 0 Å². The molecule has 1 heterocycles. The largest absolute Gasteiger partial charge is 0.399 e. The summed E-state index contributed by atoms with van der Waals surface area (Å²) in [6, 6.07) is 3.72. The lowest BCUT2D eigenvalue weighted by molar-refractivity contribution is 0.214. The minimum Gasteiger partial charge on any atom is -0.399 e. The van der Waals surface area contributed by atoms with E-state index in [4.69, 9.17) is 0 Å². The summed E-state index contributed by atoms with van der Waals surface area (Å²) in [5, 5.41) is 3.51. The Morgan fingerprint density at radius 1 is 1.64 bits per heavy atom. The third-order valence-electron chi connectivity index (χ3n) is 1.34. The van der Waals surface area contributed by atoms with Gasteiger partial charge in [-0.15, -0.1) is 11.8 Å². The molecule has 0 aromatic carbocycles. The second-order valence-electron chi connectivity index (χ2n) is 2.29. The van der Waals surface area contributed by atoms with E-state index >= 15 is 0 Å². The molecule has 0 saturated heterocycles. The van der Waals surface area contributed by atoms with Gasteiger partial charge in [0.05, 0.1) is 0 Å². The fourth-order valence-corrected chi connectivity index (χ4v) is 1.50. The Morgan fingerprint density at radius 3 is 2.93 bits per heavy atom. The molecule has 0 bridgehead atoms. The average molecular weight is 209 g/mol. The number of aromatic nitrogens is 1. The van der Waals surface area contributed by atoms with Crippen LogP contribution in [0.25, 0.3) is 0 Å². The number of thioether (sulfide) groups is 1. The van der Waals surface area contributed by atoms with Crippen molar-refractivity contribution >= 4 is 23.8 Å². The smallest absolute Gasteiger partial charge is 0.253 e. The van der Waals surface area contributed by atoms with Crippen LogP contribution in [0.4, 0.5) is 0 Å². The third kappa shape index (κ3) is 3.57. The lowest BCUT2D eigenvalue weighted by Crippen LogP contribution is -2.03. The van der Waals surface area contributed by atoms with Crippen molar-refractivity contribution in [2.24, 2.45) is 5.16 Å². The first-order chi connectivity index (χ1) is 6.86. The molecule has 14 heavy (non-hydrogen) atoms. The topological polar surface area (TPSA) is 51.5 Å². The van der Waals surface area contributed by atoms with E-state index in [9.17, 15) is 4.79 Å². The maximum Gasteiger partial charge on any atom is 0.253 e. The Bertz CT molecular complexity index is 314. The molecule has 5 heteroatoms. The van der Waals surface area contributed by atoms with Gasteiger partial charge in [-0.2, -0.15) is 0 Å². The zero-order valence-corrected chi connectivity index (χ0v) is 8.45. The molecule has 1 aromatic rings. The summed E-state index contributed by atoms with van der Waals surface area (Å²) < 4.78 is 0. The van der Waals surface area contributed by atoms with Crippen LogP contribution in [0.1, 0.15) is 0 Å². The Labute approximate surface area is 86.4 Å². The number of carbonyl (C=O) groups excluding carboxylic acids is 1. The van der Waals surface area contributed by atoms with Crippen molar-refractivity contribution in [3.8, 4) is 0 Å². The van der Waals surface area contributed by atoms with E-state index in [-0.39, 0.29) is 5.71 Å². The number of oxime groups is 1. The molecule has 1 aromatic heterocycles. The van der Waals surface area contributed by atoms with Gasteiger partial charge >= 0.3 is 0 Å². The van der Waals surface area contributed by atoms with Crippen LogP contribution in [0.5, 0.6) is 0 Å². The van der Waals surface area contributed by atoms with E-state index in [2.05, 4.69) is 15.0 Å². The van der Waals surface area contributed by atoms with E-state index in [1.54, 1.807) is 18.7 Å². The van der Waals surface area contributed by atoms with E-state index < -0.39 is 0 Å². The molecule has 0 amide bonds. The van der Waals surface area contributed by atoms with Crippen LogP contribution in [-0.4, -0.2) is 29.8 Å². The van der Waals surface area contributed by atoms with Crippen molar-refractivity contribution < 1.29 is 9.63 Å². The first-order valence-electron chi connectivity index (χ1n) is 3.88. The number of hydrogen-bond acceptors (Lipinski definition) is 5. The van der Waals surface area contributed by atoms with E-state index in [1.165, 1.54) is 18.9 Å². The molecule has 0 spiro atoms. The Morgan fingerprint density at radius 2 is 2.36 bits per heavy atom. The average Bonchev–Trinajstić information content (AvgIpc) is 2.25. The monoisotopic (exact) mass is 209 g/mol. The standard InChI is InChI=1S/C9H9N2O2S/c1-13-11-8(6-12)7-14-9-2-4-10-5-3-9/h2-5H,7H2,1H3. The minimum absolute atomic E-state index is 0.259. The maximum absolute atomic E-state index is 10.4. The second-order valence-corrected chi connectivity index (χ2v) is 3.34. The minimum atomic E-state index is 0.259. The zero-order chi connectivity index (χ0) is 10.2. The third-order valence-corrected chi connectivity index (χ3v) is 2.37. The molecule has 73 valence electrons. The van der Waals surface area contributed by atoms with Crippen LogP contribution >= 0.6 is 11.8 Å². The summed E-state index contributed by atoms with van der Waals surface area (Å²) >= 11 is 1.48. The molecule has 0 fully saturated rings. The van der Waals surface area contributed by atoms with Crippen molar-refractivity contribution in [2.75, 3.05) is 12.9 Å². The predicted molar refractivity (Wildman–Crippen MR) is 55.1 cm³/mol. The van der Waals surface area contributed by atoms with Gasteiger partial charge in [0.25, 0.3) is 6.29 Å². The molecule has 1 rings (SSSR count). The van der Waals surface area contributed by atoms with Crippen LogP contribution in [-0.2, 0) is 9.63 Å². The van der Waals surface area contributed by atoms with Gasteiger partial charge in [-0.05, 0) is 12.1 Å². The first-order valence-corrected chi connectivity index (χ1v) is 4.86. The maximum atomic E-state index is 10.4. The van der Waals surface area contributed by atoms with Gasteiger partial charge in [-0.3, -0.25) is 9.78 Å². The molecule has 1 radical (unpaired) electrons. The normalized spacial score (nSPS) is 11.1. The molecule has 0 unspecified atom stereocenters. The van der Waals surface area contributed by atoms with Crippen LogP contribution < -0.4 is 0 Å². The lowest BCUT2D eigenvalue weighted by atomic mass is 10.5. The van der Waals surface area contributed by atoms with Crippen molar-refractivity contribution in [3.63, 3.8) is 0 Å². The molecule has 0 aliphatic heterocycles. The fourth-order valence-electron chi connectivity index (χ4n) is 0.771. The molecule has 0 aliphatic carbocycles. The molecular formula is C9H9N2O2S. The predicted octanol–water partition coefficient (Wildman–Crippen LogP) is 1.29. The molecular weight excluding hydrogens is 200 g/mol. The number of nitrogens with zero attached hydrogens (tertiary/aromatic N) is 2. The SMILES string of the molecule is CON=C([C]=O)CSc1ccncc1. The van der Waals surface area contributed by atoms with Crippen LogP contribution in [0.15, 0.2) is 34.6 Å². The van der Waals surface area contributed by atoms with E-state index in [0.29, 0.717) is 5.75 Å². The Balaban J connectivity index is 2.48. The molecule has 0 aliphatic rings. The zero-order valence-electron chi connectivity index (χ0n) is 7.64. The summed E-state index contributed by atoms with van der Waals surface area (Å²) in [5.74, 6) is 0.446. The van der Waals surface area contributed by atoms with Gasteiger partial charge in [-0.25, -0.2) is 0 Å². The summed E-state index contributed by atoms with van der Waals surface area (Å²) in [5.41, 5.74) is 0.259. The van der Waals surface area contributed by atoms with Gasteiger partial charge < -0.3 is 4.84 Å². The van der Waals surface area contributed by atoms with Gasteiger partial charge in [0, 0.05) is 23.0 Å². The Hall–Kier alpha value is -1.36. The summed E-state index contributed by atoms with van der Waals surface area (Å²) in [6.07, 6.45) is 5.10. The van der Waals surface area contributed by atoms with Gasteiger partial charge in [0.1, 0.15) is 12.8 Å². The molecule has 4 nitrogen and oxygen atoms in total. The number of rotatable bonds is 5. The quantitative estimate of drug-likeness (QED) is 0.416. The second kappa shape index (κ2) is 6.15. The highest BCUT2D eigenvalue weighted by molar-refractivity contribution is 8.00. The highest BCUT2D eigenvalue weighted by atomic mass is 32.2. The van der Waals surface area contributed by atoms with Crippen molar-refractivity contribution in [2.45, 2.75) is 4.90 Å².